The molecule has 0 spiro atoms. The molecule has 0 N–H and O–H groups in total. The van der Waals surface area contributed by atoms with Crippen molar-refractivity contribution in [2.24, 2.45) is 5.92 Å². The maximum atomic E-state index is 12.3. The Bertz CT molecular complexity index is 800. The minimum absolute atomic E-state index is 0.0866. The zero-order valence-corrected chi connectivity index (χ0v) is 13.7. The third-order valence-electron chi connectivity index (χ3n) is 4.07. The van der Waals surface area contributed by atoms with Crippen LogP contribution in [0.25, 0.3) is 0 Å². The number of rotatable bonds is 5. The Morgan fingerprint density at radius 1 is 1.16 bits per heavy atom. The minimum atomic E-state index is -0.553. The first-order valence-corrected chi connectivity index (χ1v) is 7.82. The van der Waals surface area contributed by atoms with Gasteiger partial charge in [-0.25, -0.2) is 0 Å². The highest BCUT2D eigenvalue weighted by atomic mass is 16.5. The largest absolute Gasteiger partial charge is 0.495 e. The first kappa shape index (κ1) is 16.7. The Labute approximate surface area is 145 Å². The third-order valence-corrected chi connectivity index (χ3v) is 4.07. The number of nitrogens with zero attached hydrogens (tertiary/aromatic N) is 1. The molecule has 1 atom stereocenters. The van der Waals surface area contributed by atoms with Gasteiger partial charge in [-0.15, -0.1) is 0 Å². The lowest BCUT2D eigenvalue weighted by molar-refractivity contribution is -0.139. The van der Waals surface area contributed by atoms with Crippen LogP contribution in [0.3, 0.4) is 0 Å². The fourth-order valence-electron chi connectivity index (χ4n) is 2.76. The molecule has 1 aliphatic heterocycles. The maximum Gasteiger partial charge on any atom is 0.316 e. The number of hydrogen-bond acceptors (Lipinski definition) is 5. The van der Waals surface area contributed by atoms with Gasteiger partial charge >= 0.3 is 5.97 Å². The molecular formula is C19H17NO5. The second kappa shape index (κ2) is 7.17. The average molecular weight is 339 g/mol. The van der Waals surface area contributed by atoms with E-state index in [1.807, 2.05) is 12.1 Å². The smallest absolute Gasteiger partial charge is 0.316 e. The number of anilines is 1. The van der Waals surface area contributed by atoms with Crippen LogP contribution in [0, 0.1) is 5.92 Å². The fraction of sp³-hybridized carbons (Fsp3) is 0.211. The summed E-state index contributed by atoms with van der Waals surface area (Å²) in [6.45, 7) is 0.241. The number of para-hydroxylation sites is 2. The Morgan fingerprint density at radius 3 is 2.56 bits per heavy atom. The van der Waals surface area contributed by atoms with Gasteiger partial charge in [0.25, 0.3) is 0 Å². The van der Waals surface area contributed by atoms with E-state index >= 15 is 0 Å². The Morgan fingerprint density at radius 2 is 1.88 bits per heavy atom. The molecular weight excluding hydrogens is 322 g/mol. The molecule has 0 radical (unpaired) electrons. The van der Waals surface area contributed by atoms with Gasteiger partial charge in [0, 0.05) is 18.5 Å². The molecule has 6 nitrogen and oxygen atoms in total. The van der Waals surface area contributed by atoms with Crippen LogP contribution in [0.1, 0.15) is 16.8 Å². The molecule has 128 valence electrons. The summed E-state index contributed by atoms with van der Waals surface area (Å²) in [7, 11) is 1.54. The zero-order chi connectivity index (χ0) is 17.8. The predicted molar refractivity (Wildman–Crippen MR) is 90.9 cm³/mol. The van der Waals surface area contributed by atoms with Crippen molar-refractivity contribution in [2.45, 2.75) is 6.42 Å². The lowest BCUT2D eigenvalue weighted by Crippen LogP contribution is -2.27. The zero-order valence-electron chi connectivity index (χ0n) is 13.7. The molecule has 1 fully saturated rings. The van der Waals surface area contributed by atoms with Gasteiger partial charge in [0.1, 0.15) is 17.8 Å². The van der Waals surface area contributed by atoms with Gasteiger partial charge in [0.15, 0.2) is 0 Å². The van der Waals surface area contributed by atoms with Crippen LogP contribution in [0.15, 0.2) is 48.5 Å². The van der Waals surface area contributed by atoms with E-state index in [1.165, 1.54) is 7.11 Å². The summed E-state index contributed by atoms with van der Waals surface area (Å²) < 4.78 is 10.6. The lowest BCUT2D eigenvalue weighted by atomic mass is 10.1. The van der Waals surface area contributed by atoms with Gasteiger partial charge in [-0.05, 0) is 36.4 Å². The second-order valence-corrected chi connectivity index (χ2v) is 5.69. The first-order valence-electron chi connectivity index (χ1n) is 7.82. The minimum Gasteiger partial charge on any atom is -0.495 e. The summed E-state index contributed by atoms with van der Waals surface area (Å²) in [5, 5.41) is 0. The van der Waals surface area contributed by atoms with Crippen LogP contribution in [0.4, 0.5) is 5.69 Å². The molecule has 0 aliphatic carbocycles. The van der Waals surface area contributed by atoms with Gasteiger partial charge in [-0.3, -0.25) is 14.4 Å². The van der Waals surface area contributed by atoms with Crippen molar-refractivity contribution in [1.82, 2.24) is 0 Å². The highest BCUT2D eigenvalue weighted by Crippen LogP contribution is 2.33. The molecule has 0 unspecified atom stereocenters. The van der Waals surface area contributed by atoms with E-state index in [4.69, 9.17) is 9.47 Å². The monoisotopic (exact) mass is 339 g/mol. The highest BCUT2D eigenvalue weighted by molar-refractivity contribution is 6.00. The standard InChI is InChI=1S/C19H17NO5/c1-24-17-5-3-2-4-16(17)20-11-14(10-18(20)22)19(23)25-15-8-6-13(12-21)7-9-15/h2-9,12,14H,10-11H2,1H3/t14-/m1/s1. The van der Waals surface area contributed by atoms with Crippen molar-refractivity contribution in [2.75, 3.05) is 18.6 Å². The van der Waals surface area contributed by atoms with Gasteiger partial charge in [-0.2, -0.15) is 0 Å². The van der Waals surface area contributed by atoms with E-state index in [-0.39, 0.29) is 18.9 Å². The molecule has 1 heterocycles. The van der Waals surface area contributed by atoms with Gasteiger partial charge in [0.05, 0.1) is 18.7 Å². The topological polar surface area (TPSA) is 72.9 Å². The Balaban J connectivity index is 1.71. The summed E-state index contributed by atoms with van der Waals surface area (Å²) in [5.74, 6) is -0.247. The predicted octanol–water partition coefficient (Wildman–Crippen LogP) is 2.47. The van der Waals surface area contributed by atoms with Gasteiger partial charge in [0.2, 0.25) is 5.91 Å². The molecule has 0 aromatic heterocycles. The van der Waals surface area contributed by atoms with E-state index in [0.29, 0.717) is 29.0 Å². The van der Waals surface area contributed by atoms with Crippen LogP contribution >= 0.6 is 0 Å². The molecule has 0 saturated carbocycles. The van der Waals surface area contributed by atoms with Crippen molar-refractivity contribution in [3.05, 3.63) is 54.1 Å². The number of amides is 1. The van der Waals surface area contributed by atoms with Gasteiger partial charge < -0.3 is 14.4 Å². The number of ether oxygens (including phenoxy) is 2. The van der Waals surface area contributed by atoms with Crippen LogP contribution in [0.5, 0.6) is 11.5 Å². The molecule has 2 aromatic carbocycles. The number of methoxy groups -OCH3 is 1. The molecule has 6 heteroatoms. The molecule has 1 amide bonds. The van der Waals surface area contributed by atoms with E-state index < -0.39 is 11.9 Å². The van der Waals surface area contributed by atoms with Crippen LogP contribution in [-0.4, -0.2) is 31.8 Å². The van der Waals surface area contributed by atoms with Crippen molar-refractivity contribution in [3.63, 3.8) is 0 Å². The van der Waals surface area contributed by atoms with Crippen LogP contribution in [-0.2, 0) is 9.59 Å². The molecule has 1 aliphatic rings. The number of carbonyl (C=O) groups excluding carboxylic acids is 3. The van der Waals surface area contributed by atoms with Crippen molar-refractivity contribution >= 4 is 23.9 Å². The second-order valence-electron chi connectivity index (χ2n) is 5.69. The van der Waals surface area contributed by atoms with E-state index in [0.717, 1.165) is 0 Å². The first-order chi connectivity index (χ1) is 12.1. The molecule has 0 bridgehead atoms. The van der Waals surface area contributed by atoms with Crippen molar-refractivity contribution < 1.29 is 23.9 Å². The van der Waals surface area contributed by atoms with Crippen LogP contribution in [0.2, 0.25) is 0 Å². The van der Waals surface area contributed by atoms with Crippen molar-refractivity contribution in [1.29, 1.82) is 0 Å². The molecule has 1 saturated heterocycles. The number of benzene rings is 2. The van der Waals surface area contributed by atoms with Crippen molar-refractivity contribution in [3.8, 4) is 11.5 Å². The summed E-state index contributed by atoms with van der Waals surface area (Å²) in [6.07, 6.45) is 0.801. The summed E-state index contributed by atoms with van der Waals surface area (Å²) >= 11 is 0. The lowest BCUT2D eigenvalue weighted by Gasteiger charge is -2.19. The maximum absolute atomic E-state index is 12.3. The number of hydrogen-bond donors (Lipinski definition) is 0. The Kier molecular flexibility index (Phi) is 4.79. The third kappa shape index (κ3) is 3.52. The van der Waals surface area contributed by atoms with E-state index in [9.17, 15) is 14.4 Å². The summed E-state index contributed by atoms with van der Waals surface area (Å²) in [6, 6.07) is 13.4. The Hall–Kier alpha value is -3.15. The number of aldehydes is 1. The highest BCUT2D eigenvalue weighted by Gasteiger charge is 2.37. The van der Waals surface area contributed by atoms with Gasteiger partial charge in [-0.1, -0.05) is 12.1 Å². The van der Waals surface area contributed by atoms with Crippen LogP contribution < -0.4 is 14.4 Å². The number of carbonyl (C=O) groups is 3. The molecule has 3 rings (SSSR count). The summed E-state index contributed by atoms with van der Waals surface area (Å²) in [4.78, 5) is 36.9. The van der Waals surface area contributed by atoms with E-state index in [2.05, 4.69) is 0 Å². The molecule has 25 heavy (non-hydrogen) atoms. The summed E-state index contributed by atoms with van der Waals surface area (Å²) in [5.41, 5.74) is 1.14. The quantitative estimate of drug-likeness (QED) is 0.475. The number of esters is 1. The fourth-order valence-corrected chi connectivity index (χ4v) is 2.76. The molecule has 2 aromatic rings. The normalized spacial score (nSPS) is 16.6. The van der Waals surface area contributed by atoms with E-state index in [1.54, 1.807) is 41.3 Å². The SMILES string of the molecule is COc1ccccc1N1C[C@H](C(=O)Oc2ccc(C=O)cc2)CC1=O. The average Bonchev–Trinajstić information content (AvgIpc) is 3.04.